The lowest BCUT2D eigenvalue weighted by Crippen LogP contribution is -2.41. The van der Waals surface area contributed by atoms with E-state index in [2.05, 4.69) is 15.8 Å². The van der Waals surface area contributed by atoms with E-state index in [9.17, 15) is 9.59 Å². The summed E-state index contributed by atoms with van der Waals surface area (Å²) in [5.74, 6) is -1.22. The summed E-state index contributed by atoms with van der Waals surface area (Å²) < 4.78 is 5.02. The summed E-state index contributed by atoms with van der Waals surface area (Å²) in [5, 5.41) is 6.85. The second-order valence-corrected chi connectivity index (χ2v) is 5.31. The third-order valence-electron chi connectivity index (χ3n) is 2.80. The minimum Gasteiger partial charge on any atom is -0.494 e. The number of hydrogen-bond acceptors (Lipinski definition) is 4. The van der Waals surface area contributed by atoms with Gasteiger partial charge in [0.25, 0.3) is 0 Å². The Morgan fingerprint density at radius 2 is 1.91 bits per heavy atom. The van der Waals surface area contributed by atoms with Crippen LogP contribution >= 0.6 is 23.2 Å². The topological polar surface area (TPSA) is 79.8 Å². The van der Waals surface area contributed by atoms with Crippen LogP contribution < -0.4 is 15.5 Å². The van der Waals surface area contributed by atoms with Crippen LogP contribution in [0, 0.1) is 0 Å². The second-order valence-electron chi connectivity index (χ2n) is 4.50. The SMILES string of the molecule is CC[C@@H](C)NC(=O)C(=O)N/N=C\c1cc(Cl)c(OC)c(Cl)c1. The summed E-state index contributed by atoms with van der Waals surface area (Å²) in [5.41, 5.74) is 2.68. The molecule has 1 atom stereocenters. The molecule has 1 aromatic rings. The van der Waals surface area contributed by atoms with Gasteiger partial charge in [0.15, 0.2) is 5.75 Å². The van der Waals surface area contributed by atoms with E-state index in [-0.39, 0.29) is 6.04 Å². The zero-order valence-corrected chi connectivity index (χ0v) is 14.0. The number of benzene rings is 1. The van der Waals surface area contributed by atoms with Crippen LogP contribution in [0.1, 0.15) is 25.8 Å². The maximum Gasteiger partial charge on any atom is 0.329 e. The van der Waals surface area contributed by atoms with Crippen molar-refractivity contribution in [2.45, 2.75) is 26.3 Å². The van der Waals surface area contributed by atoms with Gasteiger partial charge in [-0.25, -0.2) is 5.43 Å². The molecule has 120 valence electrons. The molecule has 0 radical (unpaired) electrons. The van der Waals surface area contributed by atoms with E-state index in [4.69, 9.17) is 27.9 Å². The third-order valence-corrected chi connectivity index (χ3v) is 3.36. The number of nitrogens with zero attached hydrogens (tertiary/aromatic N) is 1. The van der Waals surface area contributed by atoms with Gasteiger partial charge in [-0.2, -0.15) is 5.10 Å². The van der Waals surface area contributed by atoms with Gasteiger partial charge in [0, 0.05) is 6.04 Å². The first kappa shape index (κ1) is 18.3. The summed E-state index contributed by atoms with van der Waals surface area (Å²) in [4.78, 5) is 23.0. The molecule has 2 amide bonds. The zero-order valence-electron chi connectivity index (χ0n) is 12.4. The lowest BCUT2D eigenvalue weighted by atomic mass is 10.2. The minimum absolute atomic E-state index is 0.0820. The lowest BCUT2D eigenvalue weighted by Gasteiger charge is -2.09. The number of hydrogen-bond donors (Lipinski definition) is 2. The van der Waals surface area contributed by atoms with E-state index in [1.165, 1.54) is 13.3 Å². The van der Waals surface area contributed by atoms with Crippen molar-refractivity contribution in [3.63, 3.8) is 0 Å². The maximum atomic E-state index is 11.5. The Hall–Kier alpha value is -1.79. The van der Waals surface area contributed by atoms with Crippen LogP contribution in [0.3, 0.4) is 0 Å². The fourth-order valence-corrected chi connectivity index (χ4v) is 2.11. The van der Waals surface area contributed by atoms with Crippen LogP contribution in [-0.4, -0.2) is 31.2 Å². The monoisotopic (exact) mass is 345 g/mol. The molecule has 2 N–H and O–H groups in total. The molecule has 0 aliphatic carbocycles. The Kier molecular flexibility index (Phi) is 7.14. The molecule has 6 nitrogen and oxygen atoms in total. The fourth-order valence-electron chi connectivity index (χ4n) is 1.46. The minimum atomic E-state index is -0.845. The second kappa shape index (κ2) is 8.60. The first-order valence-electron chi connectivity index (χ1n) is 6.56. The van der Waals surface area contributed by atoms with Gasteiger partial charge in [0.05, 0.1) is 23.4 Å². The molecule has 0 saturated carbocycles. The van der Waals surface area contributed by atoms with Crippen molar-refractivity contribution in [1.82, 2.24) is 10.7 Å². The van der Waals surface area contributed by atoms with Crippen LogP contribution in [0.25, 0.3) is 0 Å². The first-order valence-corrected chi connectivity index (χ1v) is 7.31. The van der Waals surface area contributed by atoms with E-state index in [1.54, 1.807) is 19.1 Å². The highest BCUT2D eigenvalue weighted by atomic mass is 35.5. The van der Waals surface area contributed by atoms with Gasteiger partial charge in [0.2, 0.25) is 0 Å². The third kappa shape index (κ3) is 5.20. The van der Waals surface area contributed by atoms with Gasteiger partial charge in [0.1, 0.15) is 0 Å². The summed E-state index contributed by atoms with van der Waals surface area (Å²) in [7, 11) is 1.46. The van der Waals surface area contributed by atoms with Crippen molar-refractivity contribution in [3.8, 4) is 5.75 Å². The fraction of sp³-hybridized carbons (Fsp3) is 0.357. The van der Waals surface area contributed by atoms with Gasteiger partial charge in [-0.3, -0.25) is 9.59 Å². The Morgan fingerprint density at radius 1 is 1.32 bits per heavy atom. The van der Waals surface area contributed by atoms with Crippen molar-refractivity contribution >= 4 is 41.2 Å². The molecule has 8 heteroatoms. The van der Waals surface area contributed by atoms with Crippen LogP contribution in [0.4, 0.5) is 0 Å². The summed E-state index contributed by atoms with van der Waals surface area (Å²) >= 11 is 12.0. The van der Waals surface area contributed by atoms with Gasteiger partial charge in [-0.15, -0.1) is 0 Å². The van der Waals surface area contributed by atoms with E-state index in [0.29, 0.717) is 21.4 Å². The highest BCUT2D eigenvalue weighted by molar-refractivity contribution is 6.37. The largest absolute Gasteiger partial charge is 0.494 e. The predicted octanol–water partition coefficient (Wildman–Crippen LogP) is 2.37. The molecule has 0 aromatic heterocycles. The van der Waals surface area contributed by atoms with Crippen molar-refractivity contribution in [3.05, 3.63) is 27.7 Å². The van der Waals surface area contributed by atoms with Crippen molar-refractivity contribution in [2.24, 2.45) is 5.10 Å². The summed E-state index contributed by atoms with van der Waals surface area (Å²) in [6.45, 7) is 3.70. The Balaban J connectivity index is 2.66. The number of nitrogens with one attached hydrogen (secondary N) is 2. The summed E-state index contributed by atoms with van der Waals surface area (Å²) in [6.07, 6.45) is 2.05. The predicted molar refractivity (Wildman–Crippen MR) is 86.6 cm³/mol. The van der Waals surface area contributed by atoms with Gasteiger partial charge in [-0.05, 0) is 31.0 Å². The quantitative estimate of drug-likeness (QED) is 0.488. The zero-order chi connectivity index (χ0) is 16.7. The normalized spacial score (nSPS) is 12.0. The van der Waals surface area contributed by atoms with Crippen LogP contribution in [0.5, 0.6) is 5.75 Å². The molecule has 0 aliphatic rings. The lowest BCUT2D eigenvalue weighted by molar-refractivity contribution is -0.139. The van der Waals surface area contributed by atoms with E-state index in [0.717, 1.165) is 6.42 Å². The van der Waals surface area contributed by atoms with Crippen molar-refractivity contribution < 1.29 is 14.3 Å². The molecule has 1 rings (SSSR count). The molecule has 0 fully saturated rings. The van der Waals surface area contributed by atoms with Crippen LogP contribution in [0.15, 0.2) is 17.2 Å². The number of rotatable bonds is 5. The highest BCUT2D eigenvalue weighted by Gasteiger charge is 2.14. The smallest absolute Gasteiger partial charge is 0.329 e. The molecule has 0 bridgehead atoms. The highest BCUT2D eigenvalue weighted by Crippen LogP contribution is 2.33. The van der Waals surface area contributed by atoms with Crippen LogP contribution in [-0.2, 0) is 9.59 Å². The van der Waals surface area contributed by atoms with Gasteiger partial charge < -0.3 is 10.1 Å². The van der Waals surface area contributed by atoms with Crippen molar-refractivity contribution in [1.29, 1.82) is 0 Å². The molecule has 1 aromatic carbocycles. The first-order chi connectivity index (χ1) is 10.4. The summed E-state index contributed by atoms with van der Waals surface area (Å²) in [6, 6.07) is 3.06. The molecule has 0 heterocycles. The molecule has 0 aliphatic heterocycles. The molecule has 0 spiro atoms. The number of hydrazone groups is 1. The Morgan fingerprint density at radius 3 is 2.41 bits per heavy atom. The van der Waals surface area contributed by atoms with E-state index >= 15 is 0 Å². The van der Waals surface area contributed by atoms with Gasteiger partial charge >= 0.3 is 11.8 Å². The average Bonchev–Trinajstić information content (AvgIpc) is 2.46. The molecule has 22 heavy (non-hydrogen) atoms. The Labute approximate surface area is 138 Å². The average molecular weight is 346 g/mol. The van der Waals surface area contributed by atoms with Crippen LogP contribution in [0.2, 0.25) is 10.0 Å². The molecule has 0 unspecified atom stereocenters. The Bertz CT molecular complexity index is 568. The maximum absolute atomic E-state index is 11.5. The molecular formula is C14H17Cl2N3O3. The molecular weight excluding hydrogens is 329 g/mol. The number of halogens is 2. The van der Waals surface area contributed by atoms with Crippen molar-refractivity contribution in [2.75, 3.05) is 7.11 Å². The van der Waals surface area contributed by atoms with E-state index in [1.807, 2.05) is 6.92 Å². The number of carbonyl (C=O) groups is 2. The standard InChI is InChI=1S/C14H17Cl2N3O3/c1-4-8(2)18-13(20)14(21)19-17-7-9-5-10(15)12(22-3)11(16)6-9/h5-8H,4H2,1-3H3,(H,18,20)(H,19,21)/b17-7-/t8-/m1/s1. The van der Waals surface area contributed by atoms with Gasteiger partial charge in [-0.1, -0.05) is 30.1 Å². The van der Waals surface area contributed by atoms with E-state index < -0.39 is 11.8 Å². The number of ether oxygens (including phenoxy) is 1. The number of amides is 2. The molecule has 0 saturated heterocycles. The number of methoxy groups -OCH3 is 1. The number of carbonyl (C=O) groups excluding carboxylic acids is 2.